The summed E-state index contributed by atoms with van der Waals surface area (Å²) in [4.78, 5) is 36.8. The van der Waals surface area contributed by atoms with Crippen molar-refractivity contribution >= 4 is 34.8 Å². The van der Waals surface area contributed by atoms with Gasteiger partial charge in [0, 0.05) is 37.9 Å². The number of amides is 1. The average Bonchev–Trinajstić information content (AvgIpc) is 3.25. The number of nitrogens with zero attached hydrogens (tertiary/aromatic N) is 3. The van der Waals surface area contributed by atoms with E-state index in [0.717, 1.165) is 38.1 Å². The van der Waals surface area contributed by atoms with Crippen LogP contribution in [0.2, 0.25) is 5.02 Å². The van der Waals surface area contributed by atoms with Crippen LogP contribution in [0.25, 0.3) is 0 Å². The molecule has 0 bridgehead atoms. The molecule has 9 heteroatoms. The number of hydrogen-bond acceptors (Lipinski definition) is 5. The molecule has 0 radical (unpaired) electrons. The van der Waals surface area contributed by atoms with Gasteiger partial charge in [0.2, 0.25) is 0 Å². The Bertz CT molecular complexity index is 1090. The first-order valence-corrected chi connectivity index (χ1v) is 10.2. The Kier molecular flexibility index (Phi) is 6.01. The van der Waals surface area contributed by atoms with Crippen LogP contribution in [0, 0.1) is 5.82 Å². The number of benzene rings is 1. The van der Waals surface area contributed by atoms with Crippen molar-refractivity contribution in [1.82, 2.24) is 14.9 Å². The van der Waals surface area contributed by atoms with Gasteiger partial charge in [-0.15, -0.1) is 0 Å². The number of piperazine rings is 1. The minimum absolute atomic E-state index is 0.0173. The Morgan fingerprint density at radius 2 is 1.94 bits per heavy atom. The lowest BCUT2D eigenvalue weighted by molar-refractivity contribution is 0.102. The number of H-pyrrole nitrogens is 1. The van der Waals surface area contributed by atoms with Crippen molar-refractivity contribution in [1.29, 1.82) is 0 Å². The monoisotopic (exact) mass is 441 g/mol. The molecule has 0 spiro atoms. The molecule has 1 amide bonds. The molecule has 3 aromatic rings. The molecular formula is C22H21ClFN5O2. The van der Waals surface area contributed by atoms with E-state index in [2.05, 4.69) is 32.1 Å². The maximum atomic E-state index is 14.0. The number of aromatic nitrogens is 2. The van der Waals surface area contributed by atoms with Crippen molar-refractivity contribution in [3.63, 3.8) is 0 Å². The molecule has 0 saturated carbocycles. The van der Waals surface area contributed by atoms with E-state index < -0.39 is 17.5 Å². The number of carbonyl (C=O) groups is 2. The van der Waals surface area contributed by atoms with Crippen LogP contribution >= 0.6 is 11.6 Å². The number of halogens is 2. The first-order chi connectivity index (χ1) is 14.9. The van der Waals surface area contributed by atoms with Gasteiger partial charge in [-0.25, -0.2) is 9.37 Å². The van der Waals surface area contributed by atoms with Crippen LogP contribution in [0.1, 0.15) is 26.4 Å². The summed E-state index contributed by atoms with van der Waals surface area (Å²) < 4.78 is 14.0. The molecule has 1 saturated heterocycles. The number of aromatic amines is 1. The fourth-order valence-electron chi connectivity index (χ4n) is 3.40. The molecule has 7 nitrogen and oxygen atoms in total. The predicted octanol–water partition coefficient (Wildman–Crippen LogP) is 3.44. The van der Waals surface area contributed by atoms with Crippen LogP contribution in [0.5, 0.6) is 0 Å². The summed E-state index contributed by atoms with van der Waals surface area (Å²) in [5, 5.41) is 2.76. The van der Waals surface area contributed by atoms with E-state index in [-0.39, 0.29) is 21.8 Å². The van der Waals surface area contributed by atoms with E-state index in [1.165, 1.54) is 24.4 Å². The standard InChI is InChI=1S/C22H21ClFN5O2/c1-28-7-9-29(10-8-28)19-6-5-15(13-26-19)27-22(31)18-11-14(12-25-18)21(30)20-16(23)3-2-4-17(20)24/h2-6,11-13,25H,7-10H2,1H3,(H,27,31). The predicted molar refractivity (Wildman–Crippen MR) is 118 cm³/mol. The van der Waals surface area contributed by atoms with Gasteiger partial charge < -0.3 is 20.1 Å². The van der Waals surface area contributed by atoms with Gasteiger partial charge in [-0.1, -0.05) is 17.7 Å². The maximum absolute atomic E-state index is 14.0. The number of hydrogen-bond donors (Lipinski definition) is 2. The van der Waals surface area contributed by atoms with Crippen LogP contribution in [-0.2, 0) is 0 Å². The Morgan fingerprint density at radius 3 is 2.61 bits per heavy atom. The van der Waals surface area contributed by atoms with Crippen molar-refractivity contribution in [2.45, 2.75) is 0 Å². The van der Waals surface area contributed by atoms with Crippen LogP contribution in [0.15, 0.2) is 48.8 Å². The zero-order valence-electron chi connectivity index (χ0n) is 16.9. The van der Waals surface area contributed by atoms with Crippen molar-refractivity contribution in [3.8, 4) is 0 Å². The van der Waals surface area contributed by atoms with E-state index in [4.69, 9.17) is 11.6 Å². The SMILES string of the molecule is CN1CCN(c2ccc(NC(=O)c3cc(C(=O)c4c(F)cccc4Cl)c[nH]3)cn2)CC1. The molecule has 1 aromatic carbocycles. The molecule has 2 aromatic heterocycles. The van der Waals surface area contributed by atoms with E-state index in [9.17, 15) is 14.0 Å². The highest BCUT2D eigenvalue weighted by Crippen LogP contribution is 2.23. The van der Waals surface area contributed by atoms with Crippen LogP contribution < -0.4 is 10.2 Å². The average molecular weight is 442 g/mol. The quantitative estimate of drug-likeness (QED) is 0.593. The van der Waals surface area contributed by atoms with Gasteiger partial charge >= 0.3 is 0 Å². The number of rotatable bonds is 5. The lowest BCUT2D eigenvalue weighted by atomic mass is 10.1. The summed E-state index contributed by atoms with van der Waals surface area (Å²) in [6.07, 6.45) is 2.95. The van der Waals surface area contributed by atoms with Gasteiger partial charge in [0.25, 0.3) is 5.91 Å². The van der Waals surface area contributed by atoms with Gasteiger partial charge in [0.1, 0.15) is 17.3 Å². The van der Waals surface area contributed by atoms with Crippen molar-refractivity contribution in [2.24, 2.45) is 0 Å². The fraction of sp³-hybridized carbons (Fsp3) is 0.227. The topological polar surface area (TPSA) is 81.3 Å². The summed E-state index contributed by atoms with van der Waals surface area (Å²) >= 11 is 5.96. The molecule has 1 fully saturated rings. The summed E-state index contributed by atoms with van der Waals surface area (Å²) in [5.41, 5.74) is 0.612. The minimum Gasteiger partial charge on any atom is -0.356 e. The van der Waals surface area contributed by atoms with Crippen molar-refractivity contribution in [3.05, 3.63) is 76.5 Å². The Hall–Kier alpha value is -3.23. The van der Waals surface area contributed by atoms with Gasteiger partial charge in [-0.3, -0.25) is 9.59 Å². The number of ketones is 1. The first kappa shape index (κ1) is 21.0. The van der Waals surface area contributed by atoms with Gasteiger partial charge in [0.05, 0.1) is 22.5 Å². The third-order valence-electron chi connectivity index (χ3n) is 5.21. The molecule has 3 heterocycles. The molecule has 4 rings (SSSR count). The fourth-order valence-corrected chi connectivity index (χ4v) is 3.65. The molecule has 0 aliphatic carbocycles. The summed E-state index contributed by atoms with van der Waals surface area (Å²) in [6.45, 7) is 3.76. The zero-order valence-corrected chi connectivity index (χ0v) is 17.6. The lowest BCUT2D eigenvalue weighted by Crippen LogP contribution is -2.44. The second-order valence-electron chi connectivity index (χ2n) is 7.38. The van der Waals surface area contributed by atoms with E-state index >= 15 is 0 Å². The normalized spacial score (nSPS) is 14.5. The third-order valence-corrected chi connectivity index (χ3v) is 5.53. The zero-order chi connectivity index (χ0) is 22.0. The third kappa shape index (κ3) is 4.60. The number of likely N-dealkylation sites (N-methyl/N-ethyl adjacent to an activating group) is 1. The molecular weight excluding hydrogens is 421 g/mol. The highest BCUT2D eigenvalue weighted by Gasteiger charge is 2.20. The molecule has 1 aliphatic heterocycles. The van der Waals surface area contributed by atoms with Crippen LogP contribution in [-0.4, -0.2) is 59.8 Å². The van der Waals surface area contributed by atoms with E-state index in [0.29, 0.717) is 5.69 Å². The minimum atomic E-state index is -0.712. The first-order valence-electron chi connectivity index (χ1n) is 9.80. The molecule has 160 valence electrons. The van der Waals surface area contributed by atoms with Crippen molar-refractivity contribution < 1.29 is 14.0 Å². The van der Waals surface area contributed by atoms with E-state index in [1.807, 2.05) is 6.07 Å². The molecule has 1 aliphatic rings. The molecule has 31 heavy (non-hydrogen) atoms. The Balaban J connectivity index is 1.43. The summed E-state index contributed by atoms with van der Waals surface area (Å²) in [6, 6.07) is 9.05. The van der Waals surface area contributed by atoms with Gasteiger partial charge in [-0.05, 0) is 37.4 Å². The number of pyridine rings is 1. The summed E-state index contributed by atoms with van der Waals surface area (Å²) in [5.74, 6) is -0.888. The maximum Gasteiger partial charge on any atom is 0.272 e. The second kappa shape index (κ2) is 8.87. The largest absolute Gasteiger partial charge is 0.356 e. The lowest BCUT2D eigenvalue weighted by Gasteiger charge is -2.33. The molecule has 0 unspecified atom stereocenters. The van der Waals surface area contributed by atoms with E-state index in [1.54, 1.807) is 12.3 Å². The highest BCUT2D eigenvalue weighted by atomic mass is 35.5. The number of anilines is 2. The number of nitrogens with one attached hydrogen (secondary N) is 2. The van der Waals surface area contributed by atoms with Crippen LogP contribution in [0.4, 0.5) is 15.9 Å². The summed E-state index contributed by atoms with van der Waals surface area (Å²) in [7, 11) is 2.09. The smallest absolute Gasteiger partial charge is 0.272 e. The Morgan fingerprint density at radius 1 is 1.16 bits per heavy atom. The van der Waals surface area contributed by atoms with Gasteiger partial charge in [0.15, 0.2) is 5.78 Å². The van der Waals surface area contributed by atoms with Gasteiger partial charge in [-0.2, -0.15) is 0 Å². The number of carbonyl (C=O) groups excluding carboxylic acids is 2. The second-order valence-corrected chi connectivity index (χ2v) is 7.78. The molecule has 2 N–H and O–H groups in total. The highest BCUT2D eigenvalue weighted by molar-refractivity contribution is 6.35. The van der Waals surface area contributed by atoms with Crippen molar-refractivity contribution in [2.75, 3.05) is 43.4 Å². The molecule has 0 atom stereocenters. The Labute approximate surface area is 183 Å². The van der Waals surface area contributed by atoms with Crippen LogP contribution in [0.3, 0.4) is 0 Å².